The largest absolute Gasteiger partial charge is 0.255 e. The smallest absolute Gasteiger partial charge is 0.0915 e. The van der Waals surface area contributed by atoms with Gasteiger partial charge in [0.25, 0.3) is 0 Å². The molecular weight excluding hydrogens is 184 g/mol. The Morgan fingerprint density at radius 2 is 1.53 bits per heavy atom. The molecule has 0 atom stereocenters. The Balaban J connectivity index is 0.000000442. The standard InChI is InChI=1S/C9H8N2.2C2H6/c1-7-4-6-10-8-3-2-5-11-9(7)8;2*1-2/h2-6H,1H3;2*1-2H3. The summed E-state index contributed by atoms with van der Waals surface area (Å²) in [5, 5.41) is 0. The third-order valence-electron chi connectivity index (χ3n) is 1.70. The molecule has 82 valence electrons. The summed E-state index contributed by atoms with van der Waals surface area (Å²) >= 11 is 0. The molecule has 0 saturated heterocycles. The lowest BCUT2D eigenvalue weighted by Crippen LogP contribution is -1.83. The summed E-state index contributed by atoms with van der Waals surface area (Å²) in [5.74, 6) is 0. The molecule has 15 heavy (non-hydrogen) atoms. The molecule has 2 rings (SSSR count). The first-order valence-corrected chi connectivity index (χ1v) is 5.54. The molecule has 2 aromatic heterocycles. The van der Waals surface area contributed by atoms with Crippen LogP contribution in [0.25, 0.3) is 11.0 Å². The zero-order valence-electron chi connectivity index (χ0n) is 10.3. The van der Waals surface area contributed by atoms with Crippen molar-refractivity contribution < 1.29 is 0 Å². The summed E-state index contributed by atoms with van der Waals surface area (Å²) in [4.78, 5) is 8.40. The molecule has 0 spiro atoms. The number of aromatic nitrogens is 2. The van der Waals surface area contributed by atoms with E-state index in [9.17, 15) is 0 Å². The van der Waals surface area contributed by atoms with Gasteiger partial charge in [0, 0.05) is 12.4 Å². The number of aryl methyl sites for hydroxylation is 1. The Kier molecular flexibility index (Phi) is 7.16. The van der Waals surface area contributed by atoms with Crippen LogP contribution in [0.15, 0.2) is 30.6 Å². The molecule has 2 heterocycles. The lowest BCUT2D eigenvalue weighted by atomic mass is 10.2. The second kappa shape index (κ2) is 7.92. The van der Waals surface area contributed by atoms with Crippen LogP contribution in [-0.4, -0.2) is 9.97 Å². The zero-order valence-corrected chi connectivity index (χ0v) is 10.3. The van der Waals surface area contributed by atoms with Crippen molar-refractivity contribution in [2.45, 2.75) is 34.6 Å². The molecule has 0 aliphatic heterocycles. The van der Waals surface area contributed by atoms with Gasteiger partial charge in [0.15, 0.2) is 0 Å². The number of fused-ring (bicyclic) bond motifs is 1. The second-order valence-electron chi connectivity index (χ2n) is 2.50. The van der Waals surface area contributed by atoms with E-state index in [0.29, 0.717) is 0 Å². The Labute approximate surface area is 92.4 Å². The summed E-state index contributed by atoms with van der Waals surface area (Å²) in [6.07, 6.45) is 3.59. The highest BCUT2D eigenvalue weighted by atomic mass is 14.7. The Bertz CT molecular complexity index is 378. The maximum absolute atomic E-state index is 4.22. The quantitative estimate of drug-likeness (QED) is 0.648. The molecule has 0 radical (unpaired) electrons. The highest BCUT2D eigenvalue weighted by Gasteiger charge is 1.95. The monoisotopic (exact) mass is 204 g/mol. The van der Waals surface area contributed by atoms with Gasteiger partial charge in [-0.2, -0.15) is 0 Å². The highest BCUT2D eigenvalue weighted by Crippen LogP contribution is 2.10. The van der Waals surface area contributed by atoms with Gasteiger partial charge in [-0.25, -0.2) is 0 Å². The molecule has 0 aromatic carbocycles. The number of hydrogen-bond acceptors (Lipinski definition) is 2. The Hall–Kier alpha value is -1.44. The van der Waals surface area contributed by atoms with Gasteiger partial charge in [-0.1, -0.05) is 27.7 Å². The SMILES string of the molecule is CC.CC.Cc1ccnc2cccnc12. The number of nitrogens with zero attached hydrogens (tertiary/aromatic N) is 2. The van der Waals surface area contributed by atoms with E-state index in [2.05, 4.69) is 9.97 Å². The van der Waals surface area contributed by atoms with Crippen LogP contribution in [0.5, 0.6) is 0 Å². The maximum atomic E-state index is 4.22. The molecule has 2 aromatic rings. The molecule has 0 amide bonds. The van der Waals surface area contributed by atoms with Gasteiger partial charge in [-0.05, 0) is 30.7 Å². The molecule has 0 unspecified atom stereocenters. The minimum atomic E-state index is 0.965. The molecule has 0 fully saturated rings. The predicted octanol–water partition coefficient (Wildman–Crippen LogP) is 3.99. The minimum Gasteiger partial charge on any atom is -0.255 e. The molecule has 2 nitrogen and oxygen atoms in total. The van der Waals surface area contributed by atoms with E-state index in [-0.39, 0.29) is 0 Å². The first kappa shape index (κ1) is 13.6. The van der Waals surface area contributed by atoms with E-state index in [1.165, 1.54) is 5.56 Å². The zero-order chi connectivity index (χ0) is 11.7. The molecule has 0 aliphatic carbocycles. The van der Waals surface area contributed by atoms with Crippen LogP contribution in [0, 0.1) is 6.92 Å². The van der Waals surface area contributed by atoms with Crippen molar-refractivity contribution in [2.75, 3.05) is 0 Å². The van der Waals surface area contributed by atoms with Crippen molar-refractivity contribution in [3.8, 4) is 0 Å². The average Bonchev–Trinajstić information content (AvgIpc) is 2.35. The highest BCUT2D eigenvalue weighted by molar-refractivity contribution is 5.76. The van der Waals surface area contributed by atoms with Crippen molar-refractivity contribution in [2.24, 2.45) is 0 Å². The van der Waals surface area contributed by atoms with Crippen molar-refractivity contribution in [3.05, 3.63) is 36.2 Å². The first-order chi connectivity index (χ1) is 7.38. The molecule has 0 aliphatic rings. The van der Waals surface area contributed by atoms with Gasteiger partial charge in [0.1, 0.15) is 0 Å². The van der Waals surface area contributed by atoms with Crippen LogP contribution in [0.2, 0.25) is 0 Å². The maximum Gasteiger partial charge on any atom is 0.0915 e. The van der Waals surface area contributed by atoms with Crippen LogP contribution in [0.1, 0.15) is 33.3 Å². The summed E-state index contributed by atoms with van der Waals surface area (Å²) < 4.78 is 0. The van der Waals surface area contributed by atoms with E-state index in [0.717, 1.165) is 11.0 Å². The number of rotatable bonds is 0. The summed E-state index contributed by atoms with van der Waals surface area (Å²) in [6.45, 7) is 10.0. The van der Waals surface area contributed by atoms with Gasteiger partial charge < -0.3 is 0 Å². The summed E-state index contributed by atoms with van der Waals surface area (Å²) in [7, 11) is 0. The topological polar surface area (TPSA) is 25.8 Å². The van der Waals surface area contributed by atoms with E-state index < -0.39 is 0 Å². The van der Waals surface area contributed by atoms with Crippen molar-refractivity contribution in [1.29, 1.82) is 0 Å². The van der Waals surface area contributed by atoms with Crippen molar-refractivity contribution in [3.63, 3.8) is 0 Å². The first-order valence-electron chi connectivity index (χ1n) is 5.54. The van der Waals surface area contributed by atoms with Crippen molar-refractivity contribution in [1.82, 2.24) is 9.97 Å². The van der Waals surface area contributed by atoms with E-state index in [4.69, 9.17) is 0 Å². The molecule has 0 saturated carbocycles. The van der Waals surface area contributed by atoms with E-state index >= 15 is 0 Å². The fourth-order valence-corrected chi connectivity index (χ4v) is 1.11. The van der Waals surface area contributed by atoms with Crippen LogP contribution < -0.4 is 0 Å². The normalized spacial score (nSPS) is 8.33. The predicted molar refractivity (Wildman–Crippen MR) is 67.0 cm³/mol. The molecular formula is C13H20N2. The van der Waals surface area contributed by atoms with Crippen molar-refractivity contribution >= 4 is 11.0 Å². The molecule has 0 N–H and O–H groups in total. The summed E-state index contributed by atoms with van der Waals surface area (Å²) in [5.41, 5.74) is 3.14. The van der Waals surface area contributed by atoms with Gasteiger partial charge in [-0.15, -0.1) is 0 Å². The lowest BCUT2D eigenvalue weighted by Gasteiger charge is -1.96. The number of pyridine rings is 2. The van der Waals surface area contributed by atoms with Crippen LogP contribution >= 0.6 is 0 Å². The van der Waals surface area contributed by atoms with Crippen LogP contribution in [-0.2, 0) is 0 Å². The van der Waals surface area contributed by atoms with Crippen LogP contribution in [0.3, 0.4) is 0 Å². The summed E-state index contributed by atoms with van der Waals surface area (Å²) in [6, 6.07) is 5.83. The fraction of sp³-hybridized carbons (Fsp3) is 0.385. The van der Waals surface area contributed by atoms with E-state index in [1.807, 2.05) is 52.8 Å². The van der Waals surface area contributed by atoms with Gasteiger partial charge in [0.05, 0.1) is 11.0 Å². The fourth-order valence-electron chi connectivity index (χ4n) is 1.11. The van der Waals surface area contributed by atoms with Gasteiger partial charge in [0.2, 0.25) is 0 Å². The van der Waals surface area contributed by atoms with Crippen LogP contribution in [0.4, 0.5) is 0 Å². The average molecular weight is 204 g/mol. The number of hydrogen-bond donors (Lipinski definition) is 0. The minimum absolute atomic E-state index is 0.965. The molecule has 0 bridgehead atoms. The molecule has 2 heteroatoms. The Morgan fingerprint density at radius 1 is 0.867 bits per heavy atom. The Morgan fingerprint density at radius 3 is 2.13 bits per heavy atom. The third kappa shape index (κ3) is 3.66. The third-order valence-corrected chi connectivity index (χ3v) is 1.70. The van der Waals surface area contributed by atoms with Gasteiger partial charge in [-0.3, -0.25) is 9.97 Å². The lowest BCUT2D eigenvalue weighted by molar-refractivity contribution is 1.30. The van der Waals surface area contributed by atoms with E-state index in [1.54, 1.807) is 12.4 Å². The second-order valence-corrected chi connectivity index (χ2v) is 2.50. The van der Waals surface area contributed by atoms with Gasteiger partial charge >= 0.3 is 0 Å².